The summed E-state index contributed by atoms with van der Waals surface area (Å²) in [6.07, 6.45) is 2.55. The molecule has 2 heteroatoms. The summed E-state index contributed by atoms with van der Waals surface area (Å²) in [5.41, 5.74) is 0.915. The molecule has 0 aliphatic rings. The van der Waals surface area contributed by atoms with E-state index < -0.39 is 0 Å². The van der Waals surface area contributed by atoms with Crippen LogP contribution < -0.4 is 0 Å². The molecule has 0 radical (unpaired) electrons. The fraction of sp³-hybridized carbons (Fsp3) is 0.462. The van der Waals surface area contributed by atoms with Gasteiger partial charge >= 0.3 is 0 Å². The summed E-state index contributed by atoms with van der Waals surface area (Å²) in [5, 5.41) is 9.97. The van der Waals surface area contributed by atoms with Crippen molar-refractivity contribution in [1.29, 1.82) is 5.26 Å². The molecule has 0 aliphatic heterocycles. The van der Waals surface area contributed by atoms with E-state index in [1.54, 1.807) is 0 Å². The molecular formula is C13H16ClN. The van der Waals surface area contributed by atoms with Crippen LogP contribution in [0.5, 0.6) is 0 Å². The standard InChI is InChI=1S/C13H16ClN/c1-3-13(4-2,10-15)9-11-6-5-7-12(14)8-11/h5-8H,3-4,9H2,1-2H3. The number of halogens is 1. The highest BCUT2D eigenvalue weighted by molar-refractivity contribution is 6.30. The monoisotopic (exact) mass is 221 g/mol. The first-order valence-electron chi connectivity index (χ1n) is 5.31. The molecule has 15 heavy (non-hydrogen) atoms. The lowest BCUT2D eigenvalue weighted by molar-refractivity contribution is 0.363. The van der Waals surface area contributed by atoms with Crippen LogP contribution >= 0.6 is 11.6 Å². The summed E-state index contributed by atoms with van der Waals surface area (Å²) in [6, 6.07) is 10.2. The van der Waals surface area contributed by atoms with Crippen LogP contribution in [0.4, 0.5) is 0 Å². The van der Waals surface area contributed by atoms with Crippen molar-refractivity contribution in [2.75, 3.05) is 0 Å². The number of nitriles is 1. The lowest BCUT2D eigenvalue weighted by Crippen LogP contribution is -2.19. The highest BCUT2D eigenvalue weighted by Crippen LogP contribution is 2.30. The molecule has 0 aromatic heterocycles. The van der Waals surface area contributed by atoms with Crippen LogP contribution in [0.1, 0.15) is 32.3 Å². The molecule has 0 atom stereocenters. The van der Waals surface area contributed by atoms with Crippen LogP contribution in [-0.2, 0) is 6.42 Å². The number of rotatable bonds is 4. The Balaban J connectivity index is 2.89. The second-order valence-corrected chi connectivity index (χ2v) is 4.34. The van der Waals surface area contributed by atoms with E-state index in [-0.39, 0.29) is 5.41 Å². The van der Waals surface area contributed by atoms with Crippen molar-refractivity contribution < 1.29 is 0 Å². The summed E-state index contributed by atoms with van der Waals surface area (Å²) in [5.74, 6) is 0. The van der Waals surface area contributed by atoms with Crippen LogP contribution in [0.15, 0.2) is 24.3 Å². The third-order valence-corrected chi connectivity index (χ3v) is 3.26. The maximum atomic E-state index is 9.22. The van der Waals surface area contributed by atoms with Gasteiger partial charge in [-0.15, -0.1) is 0 Å². The zero-order chi connectivity index (χ0) is 11.3. The molecule has 0 unspecified atom stereocenters. The maximum absolute atomic E-state index is 9.22. The second-order valence-electron chi connectivity index (χ2n) is 3.91. The minimum Gasteiger partial charge on any atom is -0.198 e. The molecule has 1 aromatic carbocycles. The van der Waals surface area contributed by atoms with E-state index in [0.717, 1.165) is 29.8 Å². The van der Waals surface area contributed by atoms with E-state index in [0.29, 0.717) is 0 Å². The average molecular weight is 222 g/mol. The normalized spacial score (nSPS) is 11.1. The first-order valence-corrected chi connectivity index (χ1v) is 5.69. The predicted molar refractivity (Wildman–Crippen MR) is 63.8 cm³/mol. The average Bonchev–Trinajstić information content (AvgIpc) is 2.26. The smallest absolute Gasteiger partial charge is 0.0693 e. The van der Waals surface area contributed by atoms with Crippen LogP contribution in [0.2, 0.25) is 5.02 Å². The molecule has 0 N–H and O–H groups in total. The van der Waals surface area contributed by atoms with Gasteiger partial charge in [0.25, 0.3) is 0 Å². The van der Waals surface area contributed by atoms with Gasteiger partial charge in [0.1, 0.15) is 0 Å². The van der Waals surface area contributed by atoms with Crippen LogP contribution in [-0.4, -0.2) is 0 Å². The second kappa shape index (κ2) is 5.19. The maximum Gasteiger partial charge on any atom is 0.0693 e. The van der Waals surface area contributed by atoms with Crippen LogP contribution in [0.3, 0.4) is 0 Å². The molecule has 0 amide bonds. The molecule has 0 spiro atoms. The number of nitrogens with zero attached hydrogens (tertiary/aromatic N) is 1. The summed E-state index contributed by atoms with van der Waals surface area (Å²) >= 11 is 5.92. The minimum absolute atomic E-state index is 0.231. The Labute approximate surface area is 96.7 Å². The van der Waals surface area contributed by atoms with Gasteiger partial charge in [0, 0.05) is 5.02 Å². The lowest BCUT2D eigenvalue weighted by atomic mass is 9.78. The minimum atomic E-state index is -0.231. The van der Waals surface area contributed by atoms with Gasteiger partial charge in [-0.05, 0) is 37.0 Å². The summed E-state index contributed by atoms with van der Waals surface area (Å²) < 4.78 is 0. The quantitative estimate of drug-likeness (QED) is 0.747. The highest BCUT2D eigenvalue weighted by atomic mass is 35.5. The Morgan fingerprint density at radius 2 is 2.00 bits per heavy atom. The summed E-state index contributed by atoms with van der Waals surface area (Å²) in [7, 11) is 0. The fourth-order valence-corrected chi connectivity index (χ4v) is 1.95. The molecule has 0 saturated carbocycles. The van der Waals surface area contributed by atoms with Crippen LogP contribution in [0, 0.1) is 16.7 Å². The number of hydrogen-bond acceptors (Lipinski definition) is 1. The predicted octanol–water partition coefficient (Wildman–Crippen LogP) is 4.21. The third-order valence-electron chi connectivity index (χ3n) is 3.02. The van der Waals surface area contributed by atoms with Crippen molar-refractivity contribution >= 4 is 11.6 Å². The van der Waals surface area contributed by atoms with E-state index in [1.165, 1.54) is 0 Å². The van der Waals surface area contributed by atoms with Crippen LogP contribution in [0.25, 0.3) is 0 Å². The molecule has 1 nitrogen and oxygen atoms in total. The number of hydrogen-bond donors (Lipinski definition) is 0. The molecule has 0 saturated heterocycles. The first-order chi connectivity index (χ1) is 7.15. The Bertz CT molecular complexity index is 361. The van der Waals surface area contributed by atoms with Crippen molar-refractivity contribution in [2.24, 2.45) is 5.41 Å². The molecule has 1 rings (SSSR count). The molecule has 0 heterocycles. The molecule has 1 aromatic rings. The summed E-state index contributed by atoms with van der Waals surface area (Å²) in [4.78, 5) is 0. The lowest BCUT2D eigenvalue weighted by Gasteiger charge is -2.23. The van der Waals surface area contributed by atoms with E-state index in [2.05, 4.69) is 19.9 Å². The third kappa shape index (κ3) is 2.97. The highest BCUT2D eigenvalue weighted by Gasteiger charge is 2.25. The fourth-order valence-electron chi connectivity index (χ4n) is 1.74. The van der Waals surface area contributed by atoms with Crippen molar-refractivity contribution in [3.8, 4) is 6.07 Å². The van der Waals surface area contributed by atoms with Gasteiger partial charge in [0.15, 0.2) is 0 Å². The van der Waals surface area contributed by atoms with Crippen molar-refractivity contribution in [3.05, 3.63) is 34.9 Å². The zero-order valence-electron chi connectivity index (χ0n) is 9.26. The molecule has 0 bridgehead atoms. The molecular weight excluding hydrogens is 206 g/mol. The SMILES string of the molecule is CCC(C#N)(CC)Cc1cccc(Cl)c1. The van der Waals surface area contributed by atoms with Gasteiger partial charge in [0.2, 0.25) is 0 Å². The Morgan fingerprint density at radius 1 is 1.33 bits per heavy atom. The Hall–Kier alpha value is -1.00. The molecule has 0 fully saturated rings. The van der Waals surface area contributed by atoms with E-state index in [1.807, 2.05) is 24.3 Å². The zero-order valence-corrected chi connectivity index (χ0v) is 10.0. The first kappa shape index (κ1) is 12.1. The van der Waals surface area contributed by atoms with Crippen molar-refractivity contribution in [1.82, 2.24) is 0 Å². The van der Waals surface area contributed by atoms with Gasteiger partial charge in [0.05, 0.1) is 11.5 Å². The largest absolute Gasteiger partial charge is 0.198 e. The van der Waals surface area contributed by atoms with Gasteiger partial charge in [-0.25, -0.2) is 0 Å². The van der Waals surface area contributed by atoms with E-state index in [4.69, 9.17) is 11.6 Å². The van der Waals surface area contributed by atoms with Gasteiger partial charge < -0.3 is 0 Å². The Kier molecular flexibility index (Phi) is 4.17. The summed E-state index contributed by atoms with van der Waals surface area (Å²) in [6.45, 7) is 4.13. The van der Waals surface area contributed by atoms with Crippen molar-refractivity contribution in [2.45, 2.75) is 33.1 Å². The van der Waals surface area contributed by atoms with E-state index >= 15 is 0 Å². The molecule has 0 aliphatic carbocycles. The number of benzene rings is 1. The van der Waals surface area contributed by atoms with Gasteiger partial charge in [-0.2, -0.15) is 5.26 Å². The van der Waals surface area contributed by atoms with Crippen molar-refractivity contribution in [3.63, 3.8) is 0 Å². The Morgan fingerprint density at radius 3 is 2.47 bits per heavy atom. The molecule has 80 valence electrons. The van der Waals surface area contributed by atoms with E-state index in [9.17, 15) is 5.26 Å². The topological polar surface area (TPSA) is 23.8 Å². The van der Waals surface area contributed by atoms with Gasteiger partial charge in [-0.3, -0.25) is 0 Å². The van der Waals surface area contributed by atoms with Gasteiger partial charge in [-0.1, -0.05) is 37.6 Å².